The van der Waals surface area contributed by atoms with Crippen molar-refractivity contribution in [1.29, 1.82) is 5.41 Å². The van der Waals surface area contributed by atoms with Crippen LogP contribution < -0.4 is 4.74 Å². The average Bonchev–Trinajstić information content (AvgIpc) is 2.98. The van der Waals surface area contributed by atoms with Crippen LogP contribution in [0.4, 0.5) is 4.39 Å². The van der Waals surface area contributed by atoms with Gasteiger partial charge in [0.2, 0.25) is 0 Å². The Morgan fingerprint density at radius 2 is 2.26 bits per heavy atom. The molecular weight excluding hydrogens is 432 g/mol. The van der Waals surface area contributed by atoms with Crippen molar-refractivity contribution >= 4 is 47.4 Å². The number of aliphatic hydroxyl groups excluding tert-OH is 1. The Morgan fingerprint density at radius 3 is 2.96 bits per heavy atom. The fourth-order valence-corrected chi connectivity index (χ4v) is 3.65. The molecular formula is C15H11FIN3O2S. The van der Waals surface area contributed by atoms with E-state index in [-0.39, 0.29) is 12.4 Å². The fraction of sp³-hybridized carbons (Fsp3) is 0.0667. The molecule has 5 nitrogen and oxygen atoms in total. The van der Waals surface area contributed by atoms with Gasteiger partial charge in [0.1, 0.15) is 5.75 Å². The number of hydrogen-bond acceptors (Lipinski definition) is 5. The lowest BCUT2D eigenvalue weighted by Crippen LogP contribution is -1.98. The molecule has 0 aliphatic heterocycles. The molecule has 0 fully saturated rings. The number of pyridine rings is 1. The first-order valence-electron chi connectivity index (χ1n) is 6.54. The summed E-state index contributed by atoms with van der Waals surface area (Å²) in [6.07, 6.45) is 4.37. The fourth-order valence-electron chi connectivity index (χ4n) is 2.29. The van der Waals surface area contributed by atoms with Crippen LogP contribution in [0.15, 0.2) is 36.7 Å². The summed E-state index contributed by atoms with van der Waals surface area (Å²) < 4.78 is 21.9. The van der Waals surface area contributed by atoms with E-state index >= 15 is 0 Å². The van der Waals surface area contributed by atoms with Gasteiger partial charge < -0.3 is 15.3 Å². The maximum absolute atomic E-state index is 14.5. The summed E-state index contributed by atoms with van der Waals surface area (Å²) >= 11 is 2.10. The summed E-state index contributed by atoms with van der Waals surface area (Å²) in [5.41, 5.74) is 1.47. The molecule has 118 valence electrons. The van der Waals surface area contributed by atoms with Crippen molar-refractivity contribution in [2.45, 2.75) is 6.61 Å². The van der Waals surface area contributed by atoms with Crippen molar-refractivity contribution < 1.29 is 14.2 Å². The van der Waals surface area contributed by atoms with Crippen LogP contribution in [0.1, 0.15) is 11.3 Å². The molecule has 2 aromatic heterocycles. The second-order valence-corrected chi connectivity index (χ2v) is 6.34. The number of benzene rings is 1. The second kappa shape index (κ2) is 6.85. The standard InChI is InChI=1S/C15H11FIN3O2S/c16-13-6-14-11(2-4-20(14)23-17)12(8-21)15(13)22-10-1-3-19-9(5-10)7-18/h1-7,18,21H,8H2. The smallest absolute Gasteiger partial charge is 0.169 e. The highest BCUT2D eigenvalue weighted by Gasteiger charge is 2.18. The Bertz CT molecular complexity index is 885. The van der Waals surface area contributed by atoms with E-state index in [4.69, 9.17) is 10.1 Å². The van der Waals surface area contributed by atoms with Crippen molar-refractivity contribution in [2.75, 3.05) is 0 Å². The zero-order valence-corrected chi connectivity index (χ0v) is 14.6. The number of hydrogen-bond donors (Lipinski definition) is 2. The zero-order valence-electron chi connectivity index (χ0n) is 11.7. The van der Waals surface area contributed by atoms with Gasteiger partial charge in [-0.3, -0.25) is 8.96 Å². The highest BCUT2D eigenvalue weighted by Crippen LogP contribution is 2.36. The van der Waals surface area contributed by atoms with Gasteiger partial charge in [-0.2, -0.15) is 0 Å². The van der Waals surface area contributed by atoms with Gasteiger partial charge in [-0.25, -0.2) is 4.39 Å². The molecule has 0 saturated heterocycles. The molecule has 0 unspecified atom stereocenters. The van der Waals surface area contributed by atoms with Crippen LogP contribution in [0.3, 0.4) is 0 Å². The Kier molecular flexibility index (Phi) is 4.83. The third-order valence-electron chi connectivity index (χ3n) is 3.32. The number of nitrogens with zero attached hydrogens (tertiary/aromatic N) is 2. The molecule has 23 heavy (non-hydrogen) atoms. The zero-order chi connectivity index (χ0) is 16.4. The Hall–Kier alpha value is -1.65. The number of aromatic nitrogens is 2. The Labute approximate surface area is 147 Å². The van der Waals surface area contributed by atoms with Crippen molar-refractivity contribution in [1.82, 2.24) is 8.96 Å². The maximum atomic E-state index is 14.5. The predicted octanol–water partition coefficient (Wildman–Crippen LogP) is 4.30. The van der Waals surface area contributed by atoms with Gasteiger partial charge in [-0.1, -0.05) is 0 Å². The first kappa shape index (κ1) is 16.2. The van der Waals surface area contributed by atoms with Crippen molar-refractivity contribution in [2.24, 2.45) is 0 Å². The van der Waals surface area contributed by atoms with Gasteiger partial charge >= 0.3 is 0 Å². The summed E-state index contributed by atoms with van der Waals surface area (Å²) in [6.45, 7) is -0.345. The van der Waals surface area contributed by atoms with Gasteiger partial charge in [0, 0.05) is 72.0 Å². The number of fused-ring (bicyclic) bond motifs is 1. The summed E-state index contributed by atoms with van der Waals surface area (Å²) in [5, 5.41) is 17.6. The quantitative estimate of drug-likeness (QED) is 0.456. The van der Waals surface area contributed by atoms with E-state index in [1.807, 2.05) is 16.2 Å². The lowest BCUT2D eigenvalue weighted by molar-refractivity contribution is 0.276. The molecule has 0 saturated carbocycles. The SMILES string of the molecule is N=Cc1cc(Oc2c(F)cc3c(ccn3SI)c2CO)ccn1. The van der Waals surface area contributed by atoms with Gasteiger partial charge in [0.05, 0.1) is 17.8 Å². The Balaban J connectivity index is 2.12. The minimum atomic E-state index is -0.555. The first-order valence-corrected chi connectivity index (χ1v) is 9.86. The highest BCUT2D eigenvalue weighted by molar-refractivity contribution is 14.2. The van der Waals surface area contributed by atoms with Crippen LogP contribution in [0.2, 0.25) is 0 Å². The third-order valence-corrected chi connectivity index (χ3v) is 5.06. The lowest BCUT2D eigenvalue weighted by atomic mass is 10.1. The summed E-state index contributed by atoms with van der Waals surface area (Å²) in [7, 11) is 1.41. The van der Waals surface area contributed by atoms with Gasteiger partial charge in [-0.05, 0) is 12.1 Å². The third kappa shape index (κ3) is 3.06. The van der Waals surface area contributed by atoms with Crippen LogP contribution in [0, 0.1) is 11.2 Å². The number of nitrogens with one attached hydrogen (secondary N) is 1. The molecule has 2 N–H and O–H groups in total. The van der Waals surface area contributed by atoms with Crippen LogP contribution >= 0.6 is 30.3 Å². The molecule has 0 radical (unpaired) electrons. The van der Waals surface area contributed by atoms with Gasteiger partial charge in [0.15, 0.2) is 11.6 Å². The minimum Gasteiger partial charge on any atom is -0.454 e. The van der Waals surface area contributed by atoms with Crippen LogP contribution in [0.25, 0.3) is 10.9 Å². The van der Waals surface area contributed by atoms with E-state index in [0.29, 0.717) is 22.5 Å². The van der Waals surface area contributed by atoms with Crippen molar-refractivity contribution in [3.8, 4) is 11.5 Å². The molecule has 0 aliphatic carbocycles. The van der Waals surface area contributed by atoms with Crippen LogP contribution in [-0.2, 0) is 6.61 Å². The average molecular weight is 443 g/mol. The number of rotatable bonds is 5. The molecule has 2 heterocycles. The molecule has 0 amide bonds. The van der Waals surface area contributed by atoms with E-state index in [9.17, 15) is 9.50 Å². The Morgan fingerprint density at radius 1 is 1.43 bits per heavy atom. The molecule has 0 spiro atoms. The van der Waals surface area contributed by atoms with E-state index in [1.165, 1.54) is 27.4 Å². The number of halogens is 2. The highest BCUT2D eigenvalue weighted by atomic mass is 127. The first-order chi connectivity index (χ1) is 11.2. The molecule has 8 heteroatoms. The largest absolute Gasteiger partial charge is 0.454 e. The van der Waals surface area contributed by atoms with Crippen LogP contribution in [0.5, 0.6) is 11.5 Å². The van der Waals surface area contributed by atoms with E-state index in [1.54, 1.807) is 6.07 Å². The van der Waals surface area contributed by atoms with Gasteiger partial charge in [-0.15, -0.1) is 0 Å². The molecule has 3 rings (SSSR count). The molecule has 3 aromatic rings. The summed E-state index contributed by atoms with van der Waals surface area (Å²) in [5.74, 6) is -0.215. The second-order valence-electron chi connectivity index (χ2n) is 4.63. The normalized spacial score (nSPS) is 10.9. The lowest BCUT2D eigenvalue weighted by Gasteiger charge is -2.13. The summed E-state index contributed by atoms with van der Waals surface area (Å²) in [6, 6.07) is 6.30. The molecule has 1 aromatic carbocycles. The molecule has 0 aliphatic rings. The number of aliphatic hydroxyl groups is 1. The van der Waals surface area contributed by atoms with Gasteiger partial charge in [0.25, 0.3) is 0 Å². The van der Waals surface area contributed by atoms with Crippen molar-refractivity contribution in [3.63, 3.8) is 0 Å². The van der Waals surface area contributed by atoms with E-state index in [2.05, 4.69) is 26.2 Å². The maximum Gasteiger partial charge on any atom is 0.169 e. The van der Waals surface area contributed by atoms with Crippen molar-refractivity contribution in [3.05, 3.63) is 53.7 Å². The molecule has 0 atom stereocenters. The summed E-state index contributed by atoms with van der Waals surface area (Å²) in [4.78, 5) is 3.96. The van der Waals surface area contributed by atoms with Crippen LogP contribution in [-0.4, -0.2) is 20.3 Å². The topological polar surface area (TPSA) is 71.1 Å². The van der Waals surface area contributed by atoms with E-state index in [0.717, 1.165) is 11.6 Å². The van der Waals surface area contributed by atoms with E-state index < -0.39 is 5.82 Å². The molecule has 0 bridgehead atoms. The monoisotopic (exact) mass is 443 g/mol. The predicted molar refractivity (Wildman–Crippen MR) is 97.0 cm³/mol. The number of ether oxygens (including phenoxy) is 1. The minimum absolute atomic E-state index is 0.0154.